The fourth-order valence-corrected chi connectivity index (χ4v) is 6.15. The van der Waals surface area contributed by atoms with E-state index in [-0.39, 0.29) is 28.7 Å². The zero-order chi connectivity index (χ0) is 27.3. The summed E-state index contributed by atoms with van der Waals surface area (Å²) in [6.07, 6.45) is 1.28. The third-order valence-corrected chi connectivity index (χ3v) is 9.13. The lowest BCUT2D eigenvalue weighted by atomic mass is 10.0. The van der Waals surface area contributed by atoms with Gasteiger partial charge in [-0.05, 0) is 87.2 Å². The third-order valence-electron chi connectivity index (χ3n) is 6.18. The number of pyridine rings is 1. The van der Waals surface area contributed by atoms with E-state index in [9.17, 15) is 21.2 Å². The van der Waals surface area contributed by atoms with E-state index in [1.807, 2.05) is 19.9 Å². The van der Waals surface area contributed by atoms with Crippen molar-refractivity contribution in [3.8, 4) is 0 Å². The molecule has 0 amide bonds. The number of hydrogen-bond acceptors (Lipinski definition) is 5. The van der Waals surface area contributed by atoms with Crippen LogP contribution in [0.4, 0.5) is 4.39 Å². The number of benzene rings is 3. The molecule has 0 fully saturated rings. The van der Waals surface area contributed by atoms with E-state index in [0.717, 1.165) is 16.7 Å². The van der Waals surface area contributed by atoms with Gasteiger partial charge in [-0.15, -0.1) is 0 Å². The maximum absolute atomic E-state index is 13.8. The summed E-state index contributed by atoms with van der Waals surface area (Å²) in [5.74, 6) is -0.386. The normalized spacial score (nSPS) is 12.2. The summed E-state index contributed by atoms with van der Waals surface area (Å²) in [6.45, 7) is 4.11. The molecule has 1 aromatic heterocycles. The minimum absolute atomic E-state index is 0.131. The molecule has 0 spiro atoms. The van der Waals surface area contributed by atoms with Crippen LogP contribution in [-0.2, 0) is 32.9 Å². The molecule has 1 heterocycles. The van der Waals surface area contributed by atoms with Crippen molar-refractivity contribution in [2.75, 3.05) is 13.1 Å². The lowest BCUT2D eigenvalue weighted by Gasteiger charge is -2.13. The summed E-state index contributed by atoms with van der Waals surface area (Å²) in [4.78, 5) is 5.07. The summed E-state index contributed by atoms with van der Waals surface area (Å²) in [6, 6.07) is 19.4. The van der Waals surface area contributed by atoms with Gasteiger partial charge in [0.2, 0.25) is 20.0 Å². The number of hydrogen-bond donors (Lipinski definition) is 2. The number of nitrogens with zero attached hydrogens (tertiary/aromatic N) is 1. The smallest absolute Gasteiger partial charge is 0.240 e. The van der Waals surface area contributed by atoms with Gasteiger partial charge < -0.3 is 0 Å². The predicted molar refractivity (Wildman–Crippen MR) is 146 cm³/mol. The van der Waals surface area contributed by atoms with Gasteiger partial charge in [0.05, 0.1) is 15.3 Å². The molecule has 4 rings (SSSR count). The highest BCUT2D eigenvalue weighted by atomic mass is 32.2. The van der Waals surface area contributed by atoms with Crippen LogP contribution < -0.4 is 9.44 Å². The highest BCUT2D eigenvalue weighted by Gasteiger charge is 2.16. The molecule has 0 radical (unpaired) electrons. The molecule has 10 heteroatoms. The Morgan fingerprint density at radius 1 is 0.711 bits per heavy atom. The highest BCUT2D eigenvalue weighted by molar-refractivity contribution is 7.89. The van der Waals surface area contributed by atoms with E-state index < -0.39 is 20.0 Å². The van der Waals surface area contributed by atoms with Gasteiger partial charge in [-0.3, -0.25) is 4.98 Å². The van der Waals surface area contributed by atoms with Gasteiger partial charge in [0.15, 0.2) is 0 Å². The number of aryl methyl sites for hydroxylation is 3. The Morgan fingerprint density at radius 3 is 1.84 bits per heavy atom. The average molecular weight is 556 g/mol. The zero-order valence-corrected chi connectivity index (χ0v) is 22.9. The number of halogens is 1. The number of sulfonamides is 2. The molecule has 38 heavy (non-hydrogen) atoms. The number of fused-ring (bicyclic) bond motifs is 1. The Bertz CT molecular complexity index is 1640. The second kappa shape index (κ2) is 11.7. The molecule has 0 saturated heterocycles. The van der Waals surface area contributed by atoms with Gasteiger partial charge in [0.1, 0.15) is 5.82 Å². The monoisotopic (exact) mass is 555 g/mol. The fraction of sp³-hybridized carbons (Fsp3) is 0.250. The van der Waals surface area contributed by atoms with Crippen LogP contribution in [0.1, 0.15) is 28.8 Å². The molecule has 0 saturated carbocycles. The number of aromatic nitrogens is 1. The SMILES string of the molecule is Cc1ccc(S(=O)(=O)NCCCc2nc3ccc(F)cc3cc2CCNS(=O)(=O)c2ccc(C)cc2)cc1. The number of nitrogens with one attached hydrogen (secondary N) is 2. The first-order valence-corrected chi connectivity index (χ1v) is 15.2. The Balaban J connectivity index is 1.45. The van der Waals surface area contributed by atoms with Crippen molar-refractivity contribution in [2.45, 2.75) is 42.9 Å². The van der Waals surface area contributed by atoms with E-state index in [1.165, 1.54) is 12.1 Å². The van der Waals surface area contributed by atoms with Gasteiger partial charge in [-0.2, -0.15) is 0 Å². The van der Waals surface area contributed by atoms with Gasteiger partial charge in [-0.1, -0.05) is 35.4 Å². The molecule has 0 aliphatic rings. The van der Waals surface area contributed by atoms with Crippen LogP contribution in [0, 0.1) is 19.7 Å². The third kappa shape index (κ3) is 7.02. The lowest BCUT2D eigenvalue weighted by Crippen LogP contribution is -2.26. The Kier molecular flexibility index (Phi) is 8.57. The molecular weight excluding hydrogens is 525 g/mol. The van der Waals surface area contributed by atoms with E-state index in [1.54, 1.807) is 54.6 Å². The lowest BCUT2D eigenvalue weighted by molar-refractivity contribution is 0.578. The van der Waals surface area contributed by atoms with Crippen LogP contribution in [0.3, 0.4) is 0 Å². The molecule has 0 unspecified atom stereocenters. The van der Waals surface area contributed by atoms with E-state index in [2.05, 4.69) is 14.4 Å². The first kappa shape index (κ1) is 27.8. The van der Waals surface area contributed by atoms with Crippen LogP contribution in [0.5, 0.6) is 0 Å². The summed E-state index contributed by atoms with van der Waals surface area (Å²) in [5, 5.41) is 0.616. The Hall–Kier alpha value is -3.18. The first-order valence-electron chi connectivity index (χ1n) is 12.2. The van der Waals surface area contributed by atoms with Crippen LogP contribution in [0.15, 0.2) is 82.6 Å². The minimum atomic E-state index is -3.68. The molecular formula is C28H30FN3O4S2. The van der Waals surface area contributed by atoms with Gasteiger partial charge in [-0.25, -0.2) is 30.7 Å². The molecule has 0 aliphatic carbocycles. The van der Waals surface area contributed by atoms with Crippen LogP contribution in [-0.4, -0.2) is 34.9 Å². The van der Waals surface area contributed by atoms with Crippen molar-refractivity contribution in [1.82, 2.24) is 14.4 Å². The van der Waals surface area contributed by atoms with Gasteiger partial charge in [0.25, 0.3) is 0 Å². The molecule has 4 aromatic rings. The Morgan fingerprint density at radius 2 is 1.26 bits per heavy atom. The van der Waals surface area contributed by atoms with Crippen molar-refractivity contribution >= 4 is 30.9 Å². The second-order valence-electron chi connectivity index (χ2n) is 9.21. The number of rotatable bonds is 11. The topological polar surface area (TPSA) is 105 Å². The molecule has 0 aliphatic heterocycles. The van der Waals surface area contributed by atoms with Crippen molar-refractivity contribution in [2.24, 2.45) is 0 Å². The van der Waals surface area contributed by atoms with Crippen molar-refractivity contribution < 1.29 is 21.2 Å². The molecule has 2 N–H and O–H groups in total. The molecule has 0 atom stereocenters. The van der Waals surface area contributed by atoms with Crippen LogP contribution in [0.2, 0.25) is 0 Å². The second-order valence-corrected chi connectivity index (χ2v) is 12.7. The summed E-state index contributed by atoms with van der Waals surface area (Å²) < 4.78 is 69.6. The van der Waals surface area contributed by atoms with E-state index in [4.69, 9.17) is 0 Å². The van der Waals surface area contributed by atoms with Gasteiger partial charge >= 0.3 is 0 Å². The maximum atomic E-state index is 13.8. The molecule has 7 nitrogen and oxygen atoms in total. The van der Waals surface area contributed by atoms with E-state index in [0.29, 0.717) is 35.9 Å². The first-order chi connectivity index (χ1) is 18.0. The molecule has 200 valence electrons. The summed E-state index contributed by atoms with van der Waals surface area (Å²) in [5.41, 5.74) is 4.04. The van der Waals surface area contributed by atoms with Crippen molar-refractivity contribution in [3.63, 3.8) is 0 Å². The molecule has 0 bridgehead atoms. The van der Waals surface area contributed by atoms with Crippen LogP contribution >= 0.6 is 0 Å². The van der Waals surface area contributed by atoms with Crippen LogP contribution in [0.25, 0.3) is 10.9 Å². The summed E-state index contributed by atoms with van der Waals surface area (Å²) >= 11 is 0. The highest BCUT2D eigenvalue weighted by Crippen LogP contribution is 2.20. The van der Waals surface area contributed by atoms with Crippen molar-refractivity contribution in [1.29, 1.82) is 0 Å². The standard InChI is InChI=1S/C28H30FN3O4S2/c1-20-5-10-25(11-6-20)37(33,34)30-16-3-4-27-22(18-23-19-24(29)9-14-28(23)32-27)15-17-31-38(35,36)26-12-7-21(2)8-13-26/h5-14,18-19,30-31H,3-4,15-17H2,1-2H3. The predicted octanol–water partition coefficient (Wildman–Crippen LogP) is 4.42. The molecule has 3 aromatic carbocycles. The fourth-order valence-electron chi connectivity index (χ4n) is 4.05. The Labute approximate surface area is 223 Å². The summed E-state index contributed by atoms with van der Waals surface area (Å²) in [7, 11) is -7.31. The average Bonchev–Trinajstić information content (AvgIpc) is 2.87. The van der Waals surface area contributed by atoms with Crippen molar-refractivity contribution in [3.05, 3.63) is 101 Å². The largest absolute Gasteiger partial charge is 0.253 e. The maximum Gasteiger partial charge on any atom is 0.240 e. The zero-order valence-electron chi connectivity index (χ0n) is 21.2. The van der Waals surface area contributed by atoms with E-state index >= 15 is 0 Å². The minimum Gasteiger partial charge on any atom is -0.253 e. The quantitative estimate of drug-likeness (QED) is 0.267. The van der Waals surface area contributed by atoms with Gasteiger partial charge in [0, 0.05) is 24.2 Å².